The van der Waals surface area contributed by atoms with Gasteiger partial charge in [0.25, 0.3) is 5.91 Å². The van der Waals surface area contributed by atoms with Crippen molar-refractivity contribution in [3.05, 3.63) is 30.1 Å². The highest BCUT2D eigenvalue weighted by Crippen LogP contribution is 2.49. The number of fused-ring (bicyclic) bond motifs is 2. The summed E-state index contributed by atoms with van der Waals surface area (Å²) in [6.07, 6.45) is 5.06. The molecule has 4 heterocycles. The Bertz CT molecular complexity index is 712. The van der Waals surface area contributed by atoms with Crippen molar-refractivity contribution in [2.75, 3.05) is 39.8 Å². The van der Waals surface area contributed by atoms with E-state index < -0.39 is 0 Å². The molecular formula is C21H30N4O2. The molecule has 1 aromatic rings. The van der Waals surface area contributed by atoms with Crippen molar-refractivity contribution in [1.82, 2.24) is 19.7 Å². The number of piperidine rings is 1. The second-order valence-electron chi connectivity index (χ2n) is 8.86. The number of hydrogen-bond acceptors (Lipinski definition) is 4. The van der Waals surface area contributed by atoms with Gasteiger partial charge in [-0.05, 0) is 30.9 Å². The summed E-state index contributed by atoms with van der Waals surface area (Å²) in [5.74, 6) is 1.50. The van der Waals surface area contributed by atoms with Gasteiger partial charge in [0.05, 0.1) is 17.0 Å². The molecule has 0 radical (unpaired) electrons. The molecule has 6 nitrogen and oxygen atoms in total. The molecule has 27 heavy (non-hydrogen) atoms. The standard InChI is InChI=1S/C21H30N4O2/c1-15(2)12-24-13-17-18(14-24)21(23(3)20(17)27)6-9-25(10-7-21)19(26)16-5-4-8-22-11-16/h4-5,8,11,15,17-18H,6-7,9-10,12-14H2,1-3H3/t17-,18+/m0/s1. The van der Waals surface area contributed by atoms with Crippen molar-refractivity contribution in [3.63, 3.8) is 0 Å². The van der Waals surface area contributed by atoms with Gasteiger partial charge in [0.2, 0.25) is 5.91 Å². The van der Waals surface area contributed by atoms with Gasteiger partial charge in [-0.2, -0.15) is 0 Å². The molecular weight excluding hydrogens is 340 g/mol. The molecule has 0 aliphatic carbocycles. The summed E-state index contributed by atoms with van der Waals surface area (Å²) in [4.78, 5) is 36.2. The van der Waals surface area contributed by atoms with E-state index in [1.54, 1.807) is 18.5 Å². The van der Waals surface area contributed by atoms with Crippen LogP contribution < -0.4 is 0 Å². The van der Waals surface area contributed by atoms with E-state index in [2.05, 4.69) is 23.7 Å². The molecule has 0 saturated carbocycles. The fraction of sp³-hybridized carbons (Fsp3) is 0.667. The van der Waals surface area contributed by atoms with Crippen LogP contribution in [0.5, 0.6) is 0 Å². The minimum Gasteiger partial charge on any atom is -0.339 e. The Hall–Kier alpha value is -1.95. The summed E-state index contributed by atoms with van der Waals surface area (Å²) >= 11 is 0. The van der Waals surface area contributed by atoms with Crippen LogP contribution in [0.15, 0.2) is 24.5 Å². The van der Waals surface area contributed by atoms with E-state index in [9.17, 15) is 9.59 Å². The number of rotatable bonds is 3. The third-order valence-electron chi connectivity index (χ3n) is 6.85. The maximum Gasteiger partial charge on any atom is 0.255 e. The van der Waals surface area contributed by atoms with Gasteiger partial charge in [0, 0.05) is 58.1 Å². The Morgan fingerprint density at radius 1 is 1.30 bits per heavy atom. The lowest BCUT2D eigenvalue weighted by molar-refractivity contribution is -0.133. The predicted molar refractivity (Wildman–Crippen MR) is 103 cm³/mol. The van der Waals surface area contributed by atoms with E-state index in [0.717, 1.165) is 32.5 Å². The zero-order valence-electron chi connectivity index (χ0n) is 16.6. The molecule has 0 aromatic carbocycles. The Morgan fingerprint density at radius 3 is 2.67 bits per heavy atom. The zero-order valence-corrected chi connectivity index (χ0v) is 16.6. The number of nitrogens with zero attached hydrogens (tertiary/aromatic N) is 4. The Labute approximate surface area is 161 Å². The number of likely N-dealkylation sites (tertiary alicyclic amines) is 3. The molecule has 0 bridgehead atoms. The van der Waals surface area contributed by atoms with E-state index in [-0.39, 0.29) is 17.4 Å². The average Bonchev–Trinajstić information content (AvgIpc) is 3.16. The van der Waals surface area contributed by atoms with E-state index in [1.807, 2.05) is 22.9 Å². The van der Waals surface area contributed by atoms with Gasteiger partial charge in [0.1, 0.15) is 0 Å². The molecule has 3 fully saturated rings. The Kier molecular flexibility index (Phi) is 4.70. The molecule has 2 atom stereocenters. The number of hydrogen-bond donors (Lipinski definition) is 0. The minimum absolute atomic E-state index is 0.0503. The van der Waals surface area contributed by atoms with Crippen molar-refractivity contribution in [1.29, 1.82) is 0 Å². The highest BCUT2D eigenvalue weighted by molar-refractivity contribution is 5.94. The molecule has 4 rings (SSSR count). The van der Waals surface area contributed by atoms with Crippen molar-refractivity contribution < 1.29 is 9.59 Å². The Balaban J connectivity index is 1.48. The maximum absolute atomic E-state index is 12.9. The van der Waals surface area contributed by atoms with Crippen LogP contribution in [0.25, 0.3) is 0 Å². The van der Waals surface area contributed by atoms with Crippen LogP contribution in [0.3, 0.4) is 0 Å². The molecule has 1 aromatic heterocycles. The SMILES string of the molecule is CC(C)CN1C[C@@H]2C(=O)N(C)C3(CCN(C(=O)c4cccnc4)CC3)[C@@H]2C1. The monoisotopic (exact) mass is 370 g/mol. The van der Waals surface area contributed by atoms with Gasteiger partial charge >= 0.3 is 0 Å². The lowest BCUT2D eigenvalue weighted by Crippen LogP contribution is -2.56. The predicted octanol–water partition coefficient (Wildman–Crippen LogP) is 1.73. The van der Waals surface area contributed by atoms with E-state index in [4.69, 9.17) is 0 Å². The molecule has 0 N–H and O–H groups in total. The van der Waals surface area contributed by atoms with Gasteiger partial charge in [-0.3, -0.25) is 14.6 Å². The number of amides is 2. The van der Waals surface area contributed by atoms with Crippen LogP contribution in [-0.2, 0) is 4.79 Å². The fourth-order valence-electron chi connectivity index (χ4n) is 5.54. The topological polar surface area (TPSA) is 56.8 Å². The molecule has 6 heteroatoms. The molecule has 3 aliphatic heterocycles. The third kappa shape index (κ3) is 3.04. The molecule has 0 unspecified atom stereocenters. The van der Waals surface area contributed by atoms with Crippen LogP contribution in [0.2, 0.25) is 0 Å². The molecule has 3 saturated heterocycles. The average molecular weight is 370 g/mol. The molecule has 146 valence electrons. The molecule has 2 amide bonds. The first kappa shape index (κ1) is 18.4. The largest absolute Gasteiger partial charge is 0.339 e. The van der Waals surface area contributed by atoms with Gasteiger partial charge in [-0.1, -0.05) is 13.8 Å². The molecule has 3 aliphatic rings. The minimum atomic E-state index is -0.0841. The van der Waals surface area contributed by atoms with E-state index in [0.29, 0.717) is 36.4 Å². The number of carbonyl (C=O) groups is 2. The second kappa shape index (κ2) is 6.89. The van der Waals surface area contributed by atoms with Crippen molar-refractivity contribution in [2.45, 2.75) is 32.2 Å². The fourth-order valence-corrected chi connectivity index (χ4v) is 5.54. The third-order valence-corrected chi connectivity index (χ3v) is 6.85. The first-order chi connectivity index (χ1) is 12.9. The van der Waals surface area contributed by atoms with Gasteiger partial charge in [-0.15, -0.1) is 0 Å². The van der Waals surface area contributed by atoms with Crippen molar-refractivity contribution in [3.8, 4) is 0 Å². The first-order valence-corrected chi connectivity index (χ1v) is 10.1. The van der Waals surface area contributed by atoms with Crippen LogP contribution in [0.4, 0.5) is 0 Å². The van der Waals surface area contributed by atoms with Crippen LogP contribution in [0.1, 0.15) is 37.0 Å². The Morgan fingerprint density at radius 2 is 2.04 bits per heavy atom. The quantitative estimate of drug-likeness (QED) is 0.813. The molecule has 1 spiro atoms. The highest BCUT2D eigenvalue weighted by atomic mass is 16.2. The highest BCUT2D eigenvalue weighted by Gasteiger charge is 2.60. The normalized spacial score (nSPS) is 27.6. The summed E-state index contributed by atoms with van der Waals surface area (Å²) in [6.45, 7) is 8.85. The van der Waals surface area contributed by atoms with Gasteiger partial charge < -0.3 is 14.7 Å². The van der Waals surface area contributed by atoms with E-state index in [1.165, 1.54) is 0 Å². The van der Waals surface area contributed by atoms with Gasteiger partial charge in [0.15, 0.2) is 0 Å². The van der Waals surface area contributed by atoms with Gasteiger partial charge in [-0.25, -0.2) is 0 Å². The number of aromatic nitrogens is 1. The van der Waals surface area contributed by atoms with Crippen molar-refractivity contribution >= 4 is 11.8 Å². The van der Waals surface area contributed by atoms with Crippen LogP contribution in [-0.4, -0.2) is 76.8 Å². The van der Waals surface area contributed by atoms with E-state index >= 15 is 0 Å². The lowest BCUT2D eigenvalue weighted by atomic mass is 9.75. The number of carbonyl (C=O) groups excluding carboxylic acids is 2. The zero-order chi connectivity index (χ0) is 19.2. The smallest absolute Gasteiger partial charge is 0.255 e. The lowest BCUT2D eigenvalue weighted by Gasteiger charge is -2.46. The summed E-state index contributed by atoms with van der Waals surface area (Å²) in [5.41, 5.74) is 0.560. The summed E-state index contributed by atoms with van der Waals surface area (Å²) in [6, 6.07) is 3.62. The number of pyridine rings is 1. The first-order valence-electron chi connectivity index (χ1n) is 10.1. The van der Waals surface area contributed by atoms with Crippen LogP contribution >= 0.6 is 0 Å². The maximum atomic E-state index is 12.9. The van der Waals surface area contributed by atoms with Crippen LogP contribution in [0, 0.1) is 17.8 Å². The summed E-state index contributed by atoms with van der Waals surface area (Å²) in [5, 5.41) is 0. The summed E-state index contributed by atoms with van der Waals surface area (Å²) in [7, 11) is 1.98. The summed E-state index contributed by atoms with van der Waals surface area (Å²) < 4.78 is 0. The van der Waals surface area contributed by atoms with Crippen molar-refractivity contribution in [2.24, 2.45) is 17.8 Å². The second-order valence-corrected chi connectivity index (χ2v) is 8.86.